The van der Waals surface area contributed by atoms with Crippen molar-refractivity contribution in [3.8, 4) is 0 Å². The second-order valence-electron chi connectivity index (χ2n) is 5.37. The third kappa shape index (κ3) is 12.2. The SMILES string of the molecule is C[N+]1(CCCCS(=O)(=O)[O-])CCCC1.O=S(=O)([O-])C(F)(F)F.[Li+]. The van der Waals surface area contributed by atoms with Gasteiger partial charge in [-0.15, -0.1) is 0 Å². The van der Waals surface area contributed by atoms with Gasteiger partial charge in [0.25, 0.3) is 0 Å². The number of nitrogens with zero attached hydrogens (tertiary/aromatic N) is 1. The number of likely N-dealkylation sites (tertiary alicyclic amines) is 1. The van der Waals surface area contributed by atoms with Crippen molar-refractivity contribution in [3.05, 3.63) is 0 Å². The Morgan fingerprint density at radius 3 is 1.70 bits per heavy atom. The number of hydrogen-bond acceptors (Lipinski definition) is 6. The minimum absolute atomic E-state index is 0. The summed E-state index contributed by atoms with van der Waals surface area (Å²) in [5, 5.41) is 0. The summed E-state index contributed by atoms with van der Waals surface area (Å²) in [6.45, 7) is 3.41. The van der Waals surface area contributed by atoms with Gasteiger partial charge in [0.1, 0.15) is 0 Å². The molecule has 0 N–H and O–H groups in total. The summed E-state index contributed by atoms with van der Waals surface area (Å²) in [5.74, 6) is -0.201. The quantitative estimate of drug-likeness (QED) is 0.174. The Morgan fingerprint density at radius 1 is 1.00 bits per heavy atom. The number of unbranched alkanes of at least 4 members (excludes halogenated alkanes) is 1. The fourth-order valence-corrected chi connectivity index (χ4v) is 2.65. The minimum Gasteiger partial charge on any atom is -0.748 e. The van der Waals surface area contributed by atoms with Crippen molar-refractivity contribution in [1.29, 1.82) is 0 Å². The monoisotopic (exact) mass is 377 g/mol. The van der Waals surface area contributed by atoms with E-state index in [1.54, 1.807) is 0 Å². The van der Waals surface area contributed by atoms with Gasteiger partial charge >= 0.3 is 24.4 Å². The second kappa shape index (κ2) is 9.60. The van der Waals surface area contributed by atoms with Crippen molar-refractivity contribution in [2.75, 3.05) is 32.4 Å². The Labute approximate surface area is 146 Å². The first-order valence-electron chi connectivity index (χ1n) is 6.46. The molecule has 0 bridgehead atoms. The van der Waals surface area contributed by atoms with Gasteiger partial charge in [0.05, 0.1) is 36.8 Å². The molecule has 0 aromatic carbocycles. The molecule has 1 saturated heterocycles. The van der Waals surface area contributed by atoms with E-state index < -0.39 is 25.7 Å². The Balaban J connectivity index is 0. The number of hydrogen-bond donors (Lipinski definition) is 0. The Morgan fingerprint density at radius 2 is 1.39 bits per heavy atom. The summed E-state index contributed by atoms with van der Waals surface area (Å²) in [6.07, 6.45) is 3.91. The van der Waals surface area contributed by atoms with E-state index in [-0.39, 0.29) is 24.6 Å². The molecule has 134 valence electrons. The number of halogens is 3. The molecule has 0 radical (unpaired) electrons. The molecule has 0 atom stereocenters. The topological polar surface area (TPSA) is 114 Å². The maximum absolute atomic E-state index is 10.7. The zero-order valence-corrected chi connectivity index (χ0v) is 14.6. The van der Waals surface area contributed by atoms with Crippen LogP contribution >= 0.6 is 0 Å². The fraction of sp³-hybridized carbons (Fsp3) is 1.00. The van der Waals surface area contributed by atoms with Crippen LogP contribution in [0.1, 0.15) is 25.7 Å². The van der Waals surface area contributed by atoms with E-state index in [1.165, 1.54) is 25.9 Å². The molecule has 0 spiro atoms. The average molecular weight is 377 g/mol. The molecule has 0 unspecified atom stereocenters. The first kappa shape index (κ1) is 25.4. The molecule has 23 heavy (non-hydrogen) atoms. The van der Waals surface area contributed by atoms with Crippen molar-refractivity contribution in [3.63, 3.8) is 0 Å². The molecule has 0 saturated carbocycles. The molecule has 7 nitrogen and oxygen atoms in total. The van der Waals surface area contributed by atoms with Crippen molar-refractivity contribution < 1.29 is 62.5 Å². The van der Waals surface area contributed by atoms with Gasteiger partial charge in [0.15, 0.2) is 10.1 Å². The third-order valence-electron chi connectivity index (χ3n) is 3.27. The average Bonchev–Trinajstić information content (AvgIpc) is 2.69. The summed E-state index contributed by atoms with van der Waals surface area (Å²) >= 11 is 0. The Kier molecular flexibility index (Phi) is 10.6. The van der Waals surface area contributed by atoms with E-state index in [0.29, 0.717) is 6.42 Å². The minimum atomic E-state index is -6.09. The van der Waals surface area contributed by atoms with Crippen molar-refractivity contribution in [2.45, 2.75) is 31.2 Å². The van der Waals surface area contributed by atoms with Gasteiger partial charge in [-0.3, -0.25) is 0 Å². The van der Waals surface area contributed by atoms with Crippen LogP contribution in [0.5, 0.6) is 0 Å². The van der Waals surface area contributed by atoms with Crippen LogP contribution in [0.2, 0.25) is 0 Å². The van der Waals surface area contributed by atoms with Gasteiger partial charge < -0.3 is 13.6 Å². The van der Waals surface area contributed by atoms with E-state index in [0.717, 1.165) is 17.4 Å². The Bertz CT molecular complexity index is 543. The van der Waals surface area contributed by atoms with Gasteiger partial charge in [-0.2, -0.15) is 13.2 Å². The molecular weight excluding hydrogens is 358 g/mol. The van der Waals surface area contributed by atoms with Crippen LogP contribution in [0, 0.1) is 0 Å². The summed E-state index contributed by atoms with van der Waals surface area (Å²) in [6, 6.07) is 0. The van der Waals surface area contributed by atoms with Gasteiger partial charge in [-0.1, -0.05) is 0 Å². The maximum Gasteiger partial charge on any atom is 1.00 e. The smallest absolute Gasteiger partial charge is 0.748 e. The van der Waals surface area contributed by atoms with Gasteiger partial charge in [0.2, 0.25) is 0 Å². The van der Waals surface area contributed by atoms with E-state index in [4.69, 9.17) is 13.0 Å². The molecule has 1 heterocycles. The van der Waals surface area contributed by atoms with Crippen LogP contribution in [-0.4, -0.2) is 68.4 Å². The number of quaternary nitrogens is 1. The molecule has 0 aliphatic carbocycles. The van der Waals surface area contributed by atoms with Crippen LogP contribution in [0.15, 0.2) is 0 Å². The molecule has 1 aliphatic rings. The van der Waals surface area contributed by atoms with Crippen molar-refractivity contribution in [1.82, 2.24) is 0 Å². The molecule has 1 fully saturated rings. The molecule has 0 aromatic rings. The predicted octanol–water partition coefficient (Wildman–Crippen LogP) is -2.39. The normalized spacial score (nSPS) is 17.8. The van der Waals surface area contributed by atoms with Crippen molar-refractivity contribution in [2.24, 2.45) is 0 Å². The Hall–Kier alpha value is 0.167. The molecule has 1 aliphatic heterocycles. The van der Waals surface area contributed by atoms with Crippen molar-refractivity contribution >= 4 is 20.2 Å². The second-order valence-corrected chi connectivity index (χ2v) is 8.26. The van der Waals surface area contributed by atoms with Gasteiger partial charge in [-0.25, -0.2) is 16.8 Å². The molecule has 1 rings (SSSR count). The summed E-state index contributed by atoms with van der Waals surface area (Å²) in [7, 11) is -7.88. The van der Waals surface area contributed by atoms with Crippen LogP contribution in [0.4, 0.5) is 13.2 Å². The molecule has 0 aromatic heterocycles. The summed E-state index contributed by atoms with van der Waals surface area (Å²) in [4.78, 5) is 0. The molecule has 13 heteroatoms. The van der Waals surface area contributed by atoms with Crippen LogP contribution in [0.3, 0.4) is 0 Å². The van der Waals surface area contributed by atoms with E-state index in [2.05, 4.69) is 7.05 Å². The zero-order valence-electron chi connectivity index (χ0n) is 13.0. The first-order valence-corrected chi connectivity index (χ1v) is 9.44. The maximum atomic E-state index is 10.7. The first-order chi connectivity index (χ1) is 9.66. The zero-order chi connectivity index (χ0) is 17.7. The van der Waals surface area contributed by atoms with Gasteiger partial charge in [-0.05, 0) is 12.8 Å². The number of alkyl halides is 3. The summed E-state index contributed by atoms with van der Waals surface area (Å²) in [5.41, 5.74) is -5.65. The van der Waals surface area contributed by atoms with E-state index in [9.17, 15) is 26.1 Å². The van der Waals surface area contributed by atoms with Crippen LogP contribution in [-0.2, 0) is 20.2 Å². The van der Waals surface area contributed by atoms with Crippen LogP contribution < -0.4 is 18.9 Å². The molecular formula is C10H19F3LiNO6S2. The predicted molar refractivity (Wildman–Crippen MR) is 69.6 cm³/mol. The number of rotatable bonds is 5. The summed E-state index contributed by atoms with van der Waals surface area (Å²) < 4.78 is 91.0. The largest absolute Gasteiger partial charge is 1.00 e. The fourth-order valence-electron chi connectivity index (χ4n) is 2.09. The van der Waals surface area contributed by atoms with E-state index in [1.807, 2.05) is 0 Å². The van der Waals surface area contributed by atoms with E-state index >= 15 is 0 Å². The van der Waals surface area contributed by atoms with Gasteiger partial charge in [0, 0.05) is 18.6 Å². The standard InChI is InChI=1S/C9H19NO3S.CHF3O3S.Li/c1-10(6-2-3-7-10)8-4-5-9-14(11,12)13;2-1(3,4)8(5,6)7;/h2-9H2,1H3;(H,5,6,7);/q;;+1/p-1. The third-order valence-corrected chi connectivity index (χ3v) is 4.63. The molecule has 0 amide bonds. The van der Waals surface area contributed by atoms with Crippen LogP contribution in [0.25, 0.3) is 0 Å².